The minimum atomic E-state index is 0.429. The molecule has 2 N–H and O–H groups in total. The SMILES string of the molecule is C=C(N=C1C=CC=C/C1=C(/N)c1ccc2c3c(cccc13)-c1ccccc1-2)c1ccc(-n2c3c(c4ccccc42)CC2C(=C3)Sc3ccccc32)cc1. The van der Waals surface area contributed by atoms with Crippen LogP contribution in [0.15, 0.2) is 179 Å². The smallest absolute Gasteiger partial charge is 0.0730 e. The molecule has 1 aliphatic heterocycles. The van der Waals surface area contributed by atoms with E-state index >= 15 is 0 Å². The summed E-state index contributed by atoms with van der Waals surface area (Å²) in [6, 6.07) is 45.9. The fourth-order valence-corrected chi connectivity index (χ4v) is 10.1. The summed E-state index contributed by atoms with van der Waals surface area (Å²) < 4.78 is 2.42. The third-order valence-corrected chi connectivity index (χ3v) is 12.5. The molecule has 1 aromatic heterocycles. The predicted molar refractivity (Wildman–Crippen MR) is 224 cm³/mol. The molecule has 11 rings (SSSR count). The Bertz CT molecular complexity index is 2880. The fourth-order valence-electron chi connectivity index (χ4n) is 8.86. The van der Waals surface area contributed by atoms with E-state index in [0.29, 0.717) is 17.3 Å². The number of hydrogen-bond acceptors (Lipinski definition) is 3. The Labute approximate surface area is 312 Å². The number of para-hydroxylation sites is 1. The summed E-state index contributed by atoms with van der Waals surface area (Å²) >= 11 is 1.92. The molecule has 0 fully saturated rings. The summed E-state index contributed by atoms with van der Waals surface area (Å²) in [5.41, 5.74) is 23.7. The van der Waals surface area contributed by atoms with E-state index in [9.17, 15) is 0 Å². The molecule has 3 aliphatic carbocycles. The molecule has 0 spiro atoms. The second-order valence-electron chi connectivity index (χ2n) is 14.1. The van der Waals surface area contributed by atoms with Crippen molar-refractivity contribution in [2.75, 3.05) is 0 Å². The minimum absolute atomic E-state index is 0.429. The van der Waals surface area contributed by atoms with E-state index in [2.05, 4.69) is 151 Å². The van der Waals surface area contributed by atoms with Gasteiger partial charge in [-0.1, -0.05) is 140 Å². The third kappa shape index (κ3) is 4.52. The van der Waals surface area contributed by atoms with Crippen molar-refractivity contribution in [3.8, 4) is 27.9 Å². The zero-order chi connectivity index (χ0) is 35.2. The van der Waals surface area contributed by atoms with Crippen LogP contribution in [0.3, 0.4) is 0 Å². The van der Waals surface area contributed by atoms with E-state index in [0.717, 1.165) is 39.9 Å². The molecule has 0 amide bonds. The first-order valence-electron chi connectivity index (χ1n) is 18.1. The summed E-state index contributed by atoms with van der Waals surface area (Å²) in [5.74, 6) is 0.429. The molecular weight excluding hydrogens is 663 g/mol. The van der Waals surface area contributed by atoms with E-state index in [-0.39, 0.29) is 0 Å². The van der Waals surface area contributed by atoms with Gasteiger partial charge in [-0.25, -0.2) is 4.99 Å². The van der Waals surface area contributed by atoms with Crippen LogP contribution in [0.2, 0.25) is 0 Å². The molecule has 7 aromatic rings. The van der Waals surface area contributed by atoms with Crippen LogP contribution in [0.25, 0.3) is 67.1 Å². The zero-order valence-corrected chi connectivity index (χ0v) is 29.7. The molecule has 0 bridgehead atoms. The molecule has 250 valence electrons. The van der Waals surface area contributed by atoms with Crippen LogP contribution in [0.4, 0.5) is 0 Å². The van der Waals surface area contributed by atoms with Gasteiger partial charge < -0.3 is 10.3 Å². The molecule has 6 aromatic carbocycles. The van der Waals surface area contributed by atoms with Crippen LogP contribution in [0, 0.1) is 0 Å². The van der Waals surface area contributed by atoms with Crippen molar-refractivity contribution in [1.29, 1.82) is 0 Å². The highest BCUT2D eigenvalue weighted by molar-refractivity contribution is 8.03. The maximum absolute atomic E-state index is 7.07. The number of aliphatic imine (C=N–C) groups is 1. The predicted octanol–water partition coefficient (Wildman–Crippen LogP) is 12.1. The highest BCUT2D eigenvalue weighted by atomic mass is 32.2. The van der Waals surface area contributed by atoms with E-state index in [1.807, 2.05) is 30.0 Å². The summed E-state index contributed by atoms with van der Waals surface area (Å²) in [6.45, 7) is 4.43. The van der Waals surface area contributed by atoms with Gasteiger partial charge in [0.15, 0.2) is 0 Å². The first-order chi connectivity index (χ1) is 26.1. The second-order valence-corrected chi connectivity index (χ2v) is 15.2. The molecule has 1 atom stereocenters. The maximum atomic E-state index is 7.07. The first kappa shape index (κ1) is 30.3. The Kier molecular flexibility index (Phi) is 6.61. The molecule has 0 saturated carbocycles. The quantitative estimate of drug-likeness (QED) is 0.199. The van der Waals surface area contributed by atoms with E-state index in [4.69, 9.17) is 10.7 Å². The molecule has 53 heavy (non-hydrogen) atoms. The lowest BCUT2D eigenvalue weighted by molar-refractivity contribution is 0.811. The lowest BCUT2D eigenvalue weighted by atomic mass is 9.86. The summed E-state index contributed by atoms with van der Waals surface area (Å²) in [6.07, 6.45) is 11.6. The van der Waals surface area contributed by atoms with Gasteiger partial charge in [-0.2, -0.15) is 0 Å². The van der Waals surface area contributed by atoms with Gasteiger partial charge in [-0.3, -0.25) is 0 Å². The number of aromatic nitrogens is 1. The number of rotatable bonds is 4. The molecule has 0 saturated heterocycles. The van der Waals surface area contributed by atoms with E-state index in [1.54, 1.807) is 0 Å². The number of hydrogen-bond donors (Lipinski definition) is 1. The van der Waals surface area contributed by atoms with Crippen LogP contribution < -0.4 is 5.73 Å². The third-order valence-electron chi connectivity index (χ3n) is 11.3. The Morgan fingerprint density at radius 2 is 1.43 bits per heavy atom. The normalized spacial score (nSPS) is 17.8. The maximum Gasteiger partial charge on any atom is 0.0730 e. The highest BCUT2D eigenvalue weighted by Crippen LogP contribution is 2.54. The van der Waals surface area contributed by atoms with Crippen LogP contribution >= 0.6 is 11.8 Å². The van der Waals surface area contributed by atoms with Gasteiger partial charge in [-0.15, -0.1) is 0 Å². The summed E-state index contributed by atoms with van der Waals surface area (Å²) in [4.78, 5) is 7.91. The minimum Gasteiger partial charge on any atom is -0.398 e. The van der Waals surface area contributed by atoms with Crippen molar-refractivity contribution in [2.45, 2.75) is 17.2 Å². The Morgan fingerprint density at radius 1 is 0.717 bits per heavy atom. The van der Waals surface area contributed by atoms with Gasteiger partial charge in [0.1, 0.15) is 0 Å². The molecule has 4 heteroatoms. The number of benzene rings is 6. The molecular formula is C49H33N3S. The second kappa shape index (κ2) is 11.6. The lowest BCUT2D eigenvalue weighted by Crippen LogP contribution is -2.10. The summed E-state index contributed by atoms with van der Waals surface area (Å²) in [7, 11) is 0. The van der Waals surface area contributed by atoms with Crippen LogP contribution in [0.5, 0.6) is 0 Å². The van der Waals surface area contributed by atoms with Crippen LogP contribution in [-0.2, 0) is 6.42 Å². The van der Waals surface area contributed by atoms with Gasteiger partial charge in [0.2, 0.25) is 0 Å². The van der Waals surface area contributed by atoms with Crippen molar-refractivity contribution < 1.29 is 0 Å². The largest absolute Gasteiger partial charge is 0.398 e. The molecule has 3 nitrogen and oxygen atoms in total. The summed E-state index contributed by atoms with van der Waals surface area (Å²) in [5, 5.41) is 3.73. The Hall–Kier alpha value is -6.36. The lowest BCUT2D eigenvalue weighted by Gasteiger charge is -2.20. The van der Waals surface area contributed by atoms with Crippen molar-refractivity contribution >= 4 is 56.6 Å². The van der Waals surface area contributed by atoms with Crippen molar-refractivity contribution in [2.24, 2.45) is 10.7 Å². The molecule has 4 aliphatic rings. The number of allylic oxidation sites excluding steroid dienone is 6. The monoisotopic (exact) mass is 695 g/mol. The first-order valence-corrected chi connectivity index (χ1v) is 18.9. The van der Waals surface area contributed by atoms with E-state index in [1.165, 1.54) is 65.2 Å². The van der Waals surface area contributed by atoms with Gasteiger partial charge in [-0.05, 0) is 97.5 Å². The van der Waals surface area contributed by atoms with Crippen LogP contribution in [-0.4, -0.2) is 10.3 Å². The van der Waals surface area contributed by atoms with Gasteiger partial charge >= 0.3 is 0 Å². The standard InChI is InChI=1S/C49H33N3S/c1-29(51-43-18-7-4-15-40(43)49(50)39-26-25-38-33-12-3-2-11-32(33)36-16-10-17-37(39)48(36)38)30-21-23-31(24-22-30)52-44-19-8-5-13-34(44)41-27-42-35-14-6-9-20-46(35)53-47(42)28-45(41)52/h2-26,28,42H,1,27,50H2/b49-40-,51-43?. The van der Waals surface area contributed by atoms with Gasteiger partial charge in [0.05, 0.1) is 22.6 Å². The number of fused-ring (bicyclic) bond motifs is 9. The number of thioether (sulfide) groups is 1. The van der Waals surface area contributed by atoms with E-state index < -0.39 is 0 Å². The average Bonchev–Trinajstić information content (AvgIpc) is 3.85. The van der Waals surface area contributed by atoms with Gasteiger partial charge in [0, 0.05) is 38.7 Å². The zero-order valence-electron chi connectivity index (χ0n) is 28.9. The molecule has 1 unspecified atom stereocenters. The Morgan fingerprint density at radius 3 is 2.30 bits per heavy atom. The highest BCUT2D eigenvalue weighted by Gasteiger charge is 2.34. The molecule has 0 radical (unpaired) electrons. The number of nitrogens with two attached hydrogens (primary N) is 1. The van der Waals surface area contributed by atoms with Gasteiger partial charge in [0.25, 0.3) is 0 Å². The Balaban J connectivity index is 0.946. The topological polar surface area (TPSA) is 43.3 Å². The van der Waals surface area contributed by atoms with Crippen molar-refractivity contribution in [3.05, 3.63) is 197 Å². The number of nitrogens with zero attached hydrogens (tertiary/aromatic N) is 2. The van der Waals surface area contributed by atoms with Crippen LogP contribution in [0.1, 0.15) is 33.9 Å². The molecule has 2 heterocycles. The van der Waals surface area contributed by atoms with Crippen molar-refractivity contribution in [3.63, 3.8) is 0 Å². The van der Waals surface area contributed by atoms with Crippen molar-refractivity contribution in [1.82, 2.24) is 4.57 Å². The average molecular weight is 696 g/mol. The fraction of sp³-hybridized carbons (Fsp3) is 0.0408.